The summed E-state index contributed by atoms with van der Waals surface area (Å²) in [5, 5.41) is 6.65. The van der Waals surface area contributed by atoms with Crippen molar-refractivity contribution in [3.8, 4) is 0 Å². The highest BCUT2D eigenvalue weighted by Gasteiger charge is 2.50. The summed E-state index contributed by atoms with van der Waals surface area (Å²) in [7, 11) is 0. The van der Waals surface area contributed by atoms with Crippen molar-refractivity contribution in [1.82, 2.24) is 10.6 Å². The summed E-state index contributed by atoms with van der Waals surface area (Å²) in [5.74, 6) is 3.68. The van der Waals surface area contributed by atoms with Crippen molar-refractivity contribution in [2.24, 2.45) is 23.2 Å². The molecule has 4 nitrogen and oxygen atoms in total. The Morgan fingerprint density at radius 2 is 1.68 bits per heavy atom. The lowest BCUT2D eigenvalue weighted by molar-refractivity contribution is -0.122. The summed E-state index contributed by atoms with van der Waals surface area (Å²) in [4.78, 5) is 12.6. The maximum atomic E-state index is 12.6. The van der Waals surface area contributed by atoms with Crippen molar-refractivity contribution >= 4 is 5.91 Å². The molecule has 4 saturated carbocycles. The molecule has 0 radical (unpaired) electrons. The summed E-state index contributed by atoms with van der Waals surface area (Å²) in [6.07, 6.45) is 9.98. The van der Waals surface area contributed by atoms with Crippen molar-refractivity contribution in [3.05, 3.63) is 60.1 Å². The van der Waals surface area contributed by atoms with Gasteiger partial charge in [0.15, 0.2) is 0 Å². The van der Waals surface area contributed by atoms with E-state index in [0.717, 1.165) is 35.6 Å². The van der Waals surface area contributed by atoms with Gasteiger partial charge in [-0.3, -0.25) is 10.1 Å². The average Bonchev–Trinajstić information content (AvgIpc) is 3.21. The van der Waals surface area contributed by atoms with Crippen molar-refractivity contribution in [2.45, 2.75) is 44.6 Å². The zero-order valence-corrected chi connectivity index (χ0v) is 16.4. The lowest BCUT2D eigenvalue weighted by atomic mass is 9.49. The number of rotatable bonds is 7. The molecule has 4 heteroatoms. The van der Waals surface area contributed by atoms with Gasteiger partial charge < -0.3 is 9.73 Å². The summed E-state index contributed by atoms with van der Waals surface area (Å²) < 4.78 is 5.61. The van der Waals surface area contributed by atoms with Crippen LogP contribution in [-0.2, 0) is 4.79 Å². The molecule has 2 N–H and O–H groups in total. The summed E-state index contributed by atoms with van der Waals surface area (Å²) in [6.45, 7) is 1.15. The predicted octanol–water partition coefficient (Wildman–Crippen LogP) is 4.29. The molecule has 4 fully saturated rings. The molecule has 1 aromatic carbocycles. The second kappa shape index (κ2) is 7.40. The van der Waals surface area contributed by atoms with Crippen molar-refractivity contribution in [1.29, 1.82) is 0 Å². The molecule has 1 heterocycles. The Hall–Kier alpha value is -2.07. The highest BCUT2D eigenvalue weighted by molar-refractivity contribution is 5.78. The zero-order chi connectivity index (χ0) is 19.0. The maximum absolute atomic E-state index is 12.6. The van der Waals surface area contributed by atoms with Crippen molar-refractivity contribution in [3.63, 3.8) is 0 Å². The third-order valence-electron chi connectivity index (χ3n) is 7.25. The molecule has 6 rings (SSSR count). The van der Waals surface area contributed by atoms with Gasteiger partial charge in [0.05, 0.1) is 18.8 Å². The highest BCUT2D eigenvalue weighted by Crippen LogP contribution is 2.59. The Morgan fingerprint density at radius 3 is 2.29 bits per heavy atom. The van der Waals surface area contributed by atoms with E-state index in [1.807, 2.05) is 30.3 Å². The van der Waals surface area contributed by atoms with Crippen LogP contribution in [0.15, 0.2) is 53.1 Å². The third kappa shape index (κ3) is 3.62. The summed E-state index contributed by atoms with van der Waals surface area (Å²) in [5.41, 5.74) is 1.48. The van der Waals surface area contributed by atoms with Gasteiger partial charge >= 0.3 is 0 Å². The van der Waals surface area contributed by atoms with E-state index in [2.05, 4.69) is 22.8 Å². The number of carbonyl (C=O) groups is 1. The molecule has 4 aliphatic rings. The van der Waals surface area contributed by atoms with E-state index in [4.69, 9.17) is 4.42 Å². The first-order valence-corrected chi connectivity index (χ1v) is 10.8. The Labute approximate surface area is 167 Å². The van der Waals surface area contributed by atoms with E-state index in [9.17, 15) is 4.79 Å². The van der Waals surface area contributed by atoms with Crippen LogP contribution in [0.5, 0.6) is 0 Å². The fourth-order valence-electron chi connectivity index (χ4n) is 6.53. The number of carbonyl (C=O) groups excluding carboxylic acids is 1. The number of benzene rings is 1. The molecular formula is C24H30N2O2. The molecule has 1 aromatic heterocycles. The Bertz CT molecular complexity index is 764. The van der Waals surface area contributed by atoms with E-state index < -0.39 is 0 Å². The zero-order valence-electron chi connectivity index (χ0n) is 16.4. The van der Waals surface area contributed by atoms with Gasteiger partial charge in [0.1, 0.15) is 5.76 Å². The average molecular weight is 379 g/mol. The first-order valence-electron chi connectivity index (χ1n) is 10.8. The smallest absolute Gasteiger partial charge is 0.234 e. The molecule has 4 aliphatic carbocycles. The standard InChI is InChI=1S/C24H30N2O2/c27-22(26-16-24-12-17-9-18(13-24)11-19(10-17)14-24)15-25-23(21-7-4-8-28-21)20-5-2-1-3-6-20/h1-8,17-19,23,25H,9-16H2,(H,26,27)/t17?,18?,19?,23-,24?/m1/s1. The molecule has 148 valence electrons. The number of hydrogen-bond donors (Lipinski definition) is 2. The highest BCUT2D eigenvalue weighted by atomic mass is 16.3. The van der Waals surface area contributed by atoms with Crippen LogP contribution in [0, 0.1) is 23.2 Å². The molecule has 4 bridgehead atoms. The van der Waals surface area contributed by atoms with Gasteiger partial charge in [-0.05, 0) is 79.4 Å². The molecule has 0 saturated heterocycles. The van der Waals surface area contributed by atoms with Crippen LogP contribution in [0.2, 0.25) is 0 Å². The van der Waals surface area contributed by atoms with Crippen LogP contribution < -0.4 is 10.6 Å². The number of amides is 1. The minimum Gasteiger partial charge on any atom is -0.467 e. The van der Waals surface area contributed by atoms with Crippen LogP contribution >= 0.6 is 0 Å². The van der Waals surface area contributed by atoms with E-state index in [-0.39, 0.29) is 11.9 Å². The van der Waals surface area contributed by atoms with Gasteiger partial charge in [0, 0.05) is 6.54 Å². The normalized spacial score (nSPS) is 31.6. The fourth-order valence-corrected chi connectivity index (χ4v) is 6.53. The van der Waals surface area contributed by atoms with E-state index in [1.165, 1.54) is 38.5 Å². The predicted molar refractivity (Wildman–Crippen MR) is 109 cm³/mol. The molecular weight excluding hydrogens is 348 g/mol. The quantitative estimate of drug-likeness (QED) is 0.756. The number of furan rings is 1. The Kier molecular flexibility index (Phi) is 4.75. The SMILES string of the molecule is O=C(CN[C@H](c1ccccc1)c1ccco1)NCC12CC3CC(CC(C3)C1)C2. The van der Waals surface area contributed by atoms with Gasteiger partial charge in [-0.15, -0.1) is 0 Å². The first kappa shape index (κ1) is 18.0. The van der Waals surface area contributed by atoms with Gasteiger partial charge in [-0.2, -0.15) is 0 Å². The topological polar surface area (TPSA) is 54.3 Å². The monoisotopic (exact) mass is 378 g/mol. The van der Waals surface area contributed by atoms with E-state index >= 15 is 0 Å². The molecule has 0 unspecified atom stereocenters. The molecule has 0 aliphatic heterocycles. The van der Waals surface area contributed by atoms with Gasteiger partial charge in [-0.25, -0.2) is 0 Å². The van der Waals surface area contributed by atoms with Crippen molar-refractivity contribution in [2.75, 3.05) is 13.1 Å². The fraction of sp³-hybridized carbons (Fsp3) is 0.542. The van der Waals surface area contributed by atoms with E-state index in [0.29, 0.717) is 12.0 Å². The largest absolute Gasteiger partial charge is 0.467 e. The Morgan fingerprint density at radius 1 is 1.00 bits per heavy atom. The third-order valence-corrected chi connectivity index (χ3v) is 7.25. The van der Waals surface area contributed by atoms with Crippen LogP contribution in [0.3, 0.4) is 0 Å². The number of nitrogens with one attached hydrogen (secondary N) is 2. The molecule has 0 spiro atoms. The van der Waals surface area contributed by atoms with Crippen LogP contribution in [0.25, 0.3) is 0 Å². The lowest BCUT2D eigenvalue weighted by Crippen LogP contribution is -2.52. The van der Waals surface area contributed by atoms with Crippen LogP contribution in [-0.4, -0.2) is 19.0 Å². The molecule has 1 amide bonds. The van der Waals surface area contributed by atoms with Crippen LogP contribution in [0.1, 0.15) is 55.9 Å². The second-order valence-corrected chi connectivity index (χ2v) is 9.43. The molecule has 1 atom stereocenters. The summed E-state index contributed by atoms with van der Waals surface area (Å²) >= 11 is 0. The summed E-state index contributed by atoms with van der Waals surface area (Å²) in [6, 6.07) is 13.9. The van der Waals surface area contributed by atoms with Crippen molar-refractivity contribution < 1.29 is 9.21 Å². The van der Waals surface area contributed by atoms with E-state index in [1.54, 1.807) is 6.26 Å². The Balaban J connectivity index is 1.19. The molecule has 2 aromatic rings. The lowest BCUT2D eigenvalue weighted by Gasteiger charge is -2.56. The molecule has 28 heavy (non-hydrogen) atoms. The second-order valence-electron chi connectivity index (χ2n) is 9.43. The van der Waals surface area contributed by atoms with Gasteiger partial charge in [0.2, 0.25) is 5.91 Å². The minimum atomic E-state index is -0.110. The first-order chi connectivity index (χ1) is 13.7. The van der Waals surface area contributed by atoms with Crippen LogP contribution in [0.4, 0.5) is 0 Å². The van der Waals surface area contributed by atoms with Gasteiger partial charge in [0.25, 0.3) is 0 Å². The van der Waals surface area contributed by atoms with Gasteiger partial charge in [-0.1, -0.05) is 30.3 Å². The minimum absolute atomic E-state index is 0.0863. The number of hydrogen-bond acceptors (Lipinski definition) is 3. The maximum Gasteiger partial charge on any atom is 0.234 e.